The second kappa shape index (κ2) is 33.0. The maximum Gasteiger partial charge on any atom is 0.251 e. The van der Waals surface area contributed by atoms with E-state index in [4.69, 9.17) is 0 Å². The zero-order valence-corrected chi connectivity index (χ0v) is 51.3. The molecule has 4 fully saturated rings. The van der Waals surface area contributed by atoms with Gasteiger partial charge < -0.3 is 62.1 Å². The van der Waals surface area contributed by atoms with Crippen LogP contribution >= 0.6 is 0 Å². The van der Waals surface area contributed by atoms with Crippen molar-refractivity contribution in [3.8, 4) is 11.1 Å². The van der Waals surface area contributed by atoms with Gasteiger partial charge >= 0.3 is 0 Å². The smallest absolute Gasteiger partial charge is 0.251 e. The molecule has 4 aromatic carbocycles. The highest BCUT2D eigenvalue weighted by Crippen LogP contribution is 2.30. The summed E-state index contributed by atoms with van der Waals surface area (Å²) in [7, 11) is 3.43. The molecule has 87 heavy (non-hydrogen) atoms. The average molecular weight is 1190 g/mol. The second-order valence-corrected chi connectivity index (χ2v) is 23.8. The number of piperazine rings is 2. The molecule has 20 heteroatoms. The van der Waals surface area contributed by atoms with Crippen LogP contribution < -0.4 is 42.5 Å². The van der Waals surface area contributed by atoms with Crippen LogP contribution in [0.1, 0.15) is 110 Å². The van der Waals surface area contributed by atoms with E-state index in [1.54, 1.807) is 91.2 Å². The normalized spacial score (nSPS) is 18.9. The first-order valence-electron chi connectivity index (χ1n) is 31.6. The van der Waals surface area contributed by atoms with Crippen molar-refractivity contribution in [2.24, 2.45) is 11.8 Å². The summed E-state index contributed by atoms with van der Waals surface area (Å²) >= 11 is 0. The van der Waals surface area contributed by atoms with E-state index in [-0.39, 0.29) is 79.5 Å². The van der Waals surface area contributed by atoms with Crippen molar-refractivity contribution < 1.29 is 38.4 Å². The summed E-state index contributed by atoms with van der Waals surface area (Å²) in [6.45, 7) is 6.54. The Balaban J connectivity index is 0.888. The van der Waals surface area contributed by atoms with Crippen molar-refractivity contribution in [3.63, 3.8) is 0 Å². The van der Waals surface area contributed by atoms with Crippen LogP contribution in [0.15, 0.2) is 109 Å². The molecule has 0 radical (unpaired) electrons. The van der Waals surface area contributed by atoms with Crippen LogP contribution in [0.25, 0.3) is 11.1 Å². The lowest BCUT2D eigenvalue weighted by atomic mass is 9.83. The van der Waals surface area contributed by atoms with Crippen molar-refractivity contribution >= 4 is 47.3 Å². The molecule has 1 unspecified atom stereocenters. The lowest BCUT2D eigenvalue weighted by Crippen LogP contribution is -2.67. The molecule has 8 rings (SSSR count). The molecule has 2 aliphatic heterocycles. The van der Waals surface area contributed by atoms with Crippen molar-refractivity contribution in [2.45, 2.75) is 127 Å². The van der Waals surface area contributed by atoms with E-state index in [0.29, 0.717) is 69.8 Å². The molecule has 8 N–H and O–H groups in total. The molecule has 0 aromatic heterocycles. The predicted molar refractivity (Wildman–Crippen MR) is 336 cm³/mol. The molecule has 4 aliphatic rings. The summed E-state index contributed by atoms with van der Waals surface area (Å²) < 4.78 is 0. The van der Waals surface area contributed by atoms with Gasteiger partial charge in [-0.1, -0.05) is 123 Å². The molecule has 468 valence electrons. The van der Waals surface area contributed by atoms with Gasteiger partial charge in [-0.15, -0.1) is 0 Å². The summed E-state index contributed by atoms with van der Waals surface area (Å²) in [6, 6.07) is 30.9. The van der Waals surface area contributed by atoms with Crippen LogP contribution in [0.4, 0.5) is 0 Å². The molecule has 4 aromatic rings. The van der Waals surface area contributed by atoms with E-state index >= 15 is 0 Å². The summed E-state index contributed by atoms with van der Waals surface area (Å²) in [5, 5.41) is 24.6. The van der Waals surface area contributed by atoms with Crippen molar-refractivity contribution in [3.05, 3.63) is 131 Å². The van der Waals surface area contributed by atoms with Crippen LogP contribution in [-0.4, -0.2) is 189 Å². The Bertz CT molecular complexity index is 2900. The maximum absolute atomic E-state index is 14.8. The van der Waals surface area contributed by atoms with Gasteiger partial charge in [0.2, 0.25) is 35.4 Å². The molecule has 6 atom stereocenters. The van der Waals surface area contributed by atoms with Gasteiger partial charge in [-0.2, -0.15) is 0 Å². The van der Waals surface area contributed by atoms with E-state index in [0.717, 1.165) is 86.5 Å². The molecular weight excluding hydrogens is 1100 g/mol. The molecular formula is C67H92N12O8. The first kappa shape index (κ1) is 65.5. The second-order valence-electron chi connectivity index (χ2n) is 23.8. The number of hydrogen-bond acceptors (Lipinski definition) is 12. The third-order valence-electron chi connectivity index (χ3n) is 18.0. The number of benzene rings is 4. The van der Waals surface area contributed by atoms with Gasteiger partial charge in [0.15, 0.2) is 0 Å². The van der Waals surface area contributed by atoms with Gasteiger partial charge in [0.1, 0.15) is 18.2 Å². The monoisotopic (exact) mass is 1190 g/mol. The lowest BCUT2D eigenvalue weighted by molar-refractivity contribution is -0.151. The summed E-state index contributed by atoms with van der Waals surface area (Å²) in [4.78, 5) is 119. The van der Waals surface area contributed by atoms with Gasteiger partial charge in [0.05, 0.1) is 31.2 Å². The zero-order chi connectivity index (χ0) is 61.7. The summed E-state index contributed by atoms with van der Waals surface area (Å²) in [5.74, 6) is -2.32. The van der Waals surface area contributed by atoms with Gasteiger partial charge in [-0.25, -0.2) is 0 Å². The molecule has 20 nitrogen and oxygen atoms in total. The molecule has 0 bridgehead atoms. The van der Waals surface area contributed by atoms with Crippen LogP contribution in [0.3, 0.4) is 0 Å². The third kappa shape index (κ3) is 18.3. The number of amides is 8. The van der Waals surface area contributed by atoms with Crippen molar-refractivity contribution in [2.75, 3.05) is 86.1 Å². The number of likely N-dealkylation sites (N-methyl/N-ethyl adjacent to an activating group) is 2. The minimum Gasteiger partial charge on any atom is -0.343 e. The fraction of sp³-hybridized carbons (Fsp3) is 0.522. The number of rotatable bonds is 26. The van der Waals surface area contributed by atoms with E-state index < -0.39 is 42.1 Å². The summed E-state index contributed by atoms with van der Waals surface area (Å²) in [6.07, 6.45) is 9.96. The molecule has 0 spiro atoms. The van der Waals surface area contributed by atoms with Crippen LogP contribution in [0.2, 0.25) is 0 Å². The topological polar surface area (TPSA) is 246 Å². The minimum atomic E-state index is -0.735. The number of carbonyl (C=O) groups is 8. The number of hydrogen-bond donors (Lipinski definition) is 8. The first-order chi connectivity index (χ1) is 42.2. The van der Waals surface area contributed by atoms with Gasteiger partial charge in [-0.3, -0.25) is 38.4 Å². The number of nitrogens with zero attached hydrogens (tertiary/aromatic N) is 4. The van der Waals surface area contributed by atoms with Crippen LogP contribution in [0, 0.1) is 11.8 Å². The average Bonchev–Trinajstić information content (AvgIpc) is 3.23. The largest absolute Gasteiger partial charge is 0.343 e. The van der Waals surface area contributed by atoms with Crippen molar-refractivity contribution in [1.82, 2.24) is 62.1 Å². The highest BCUT2D eigenvalue weighted by atomic mass is 16.2. The predicted octanol–water partition coefficient (Wildman–Crippen LogP) is 3.86. The van der Waals surface area contributed by atoms with Gasteiger partial charge in [-0.05, 0) is 125 Å². The Morgan fingerprint density at radius 3 is 1.45 bits per heavy atom. The number of nitrogens with one attached hydrogen (secondary N) is 8. The zero-order valence-electron chi connectivity index (χ0n) is 51.3. The highest BCUT2D eigenvalue weighted by Gasteiger charge is 2.42. The van der Waals surface area contributed by atoms with E-state index in [1.807, 2.05) is 65.6 Å². The molecule has 2 saturated carbocycles. The Morgan fingerprint density at radius 2 is 0.966 bits per heavy atom. The van der Waals surface area contributed by atoms with Crippen molar-refractivity contribution in [1.29, 1.82) is 0 Å². The molecule has 2 saturated heterocycles. The third-order valence-corrected chi connectivity index (χ3v) is 18.0. The maximum atomic E-state index is 14.8. The lowest BCUT2D eigenvalue weighted by Gasteiger charge is -2.45. The minimum absolute atomic E-state index is 0.0222. The Morgan fingerprint density at radius 1 is 0.529 bits per heavy atom. The Kier molecular flexibility index (Phi) is 24.8. The van der Waals surface area contributed by atoms with Gasteiger partial charge in [0, 0.05) is 70.0 Å². The molecule has 8 amide bonds. The molecule has 2 aliphatic carbocycles. The molecule has 2 heterocycles. The summed E-state index contributed by atoms with van der Waals surface area (Å²) in [5.41, 5.74) is 4.33. The Hall–Kier alpha value is -7.52. The quantitative estimate of drug-likeness (QED) is 0.0447. The highest BCUT2D eigenvalue weighted by molar-refractivity contribution is 5.98. The van der Waals surface area contributed by atoms with E-state index in [9.17, 15) is 38.4 Å². The van der Waals surface area contributed by atoms with E-state index in [1.165, 1.54) is 0 Å². The van der Waals surface area contributed by atoms with E-state index in [2.05, 4.69) is 42.5 Å². The first-order valence-corrected chi connectivity index (χ1v) is 31.6. The van der Waals surface area contributed by atoms with Gasteiger partial charge in [0.25, 0.3) is 11.8 Å². The fourth-order valence-corrected chi connectivity index (χ4v) is 12.5. The Labute approximate surface area is 513 Å². The standard InChI is InChI=1S/C67H92N12O8/c1-46(68-3)62(82)74-60(52-21-13-7-14-22-52)66(86)77-39-35-70-41-56(77)45-76(37-33-48-17-9-5-10-18-48)58(80)43-72-64(84)54-29-25-50(26-30-54)51-27-31-55(32-28-51)65(85)73-44-59(81)78(38-34-49-19-11-6-12-20-49)57-42-71-36-40-79(57)67(87)61(53-23-15-8-16-24-53)75-63(83)47(2)69-4/h5-6,9-12,17-20,25-32,46-47,52-53,56-57,60-61,68-71H,7-8,13-16,21-24,33-45H2,1-4H3,(H,72,84)(H,73,85)(H,74,82)(H,75,83)/t46-,47-,56-,57?,60-,61-/m0/s1. The SMILES string of the molecule is CN[C@@H](C)C(=O)N[C@H](C(=O)N1CCNCC1N(CCc1ccccc1)C(=O)CNC(=O)c1ccc(-c2ccc(C(=O)NCC(=O)N(CCc3ccccc3)C[C@@H]3CNCCN3C(=O)[C@@H](NC(=O)[C@H](C)NC)C3CCCCC3)cc2)cc1)C1CCCCC1. The van der Waals surface area contributed by atoms with Crippen LogP contribution in [0.5, 0.6) is 0 Å². The number of carbonyl (C=O) groups excluding carboxylic acids is 8. The fourth-order valence-electron chi connectivity index (χ4n) is 12.5. The van der Waals surface area contributed by atoms with Crippen LogP contribution in [-0.2, 0) is 41.6 Å².